The number of anilines is 2. The predicted molar refractivity (Wildman–Crippen MR) is 138 cm³/mol. The van der Waals surface area contributed by atoms with Crippen LogP contribution in [0.3, 0.4) is 0 Å². The van der Waals surface area contributed by atoms with Gasteiger partial charge in [-0.15, -0.1) is 0 Å². The van der Waals surface area contributed by atoms with Crippen molar-refractivity contribution in [1.82, 2.24) is 10.3 Å². The first kappa shape index (κ1) is 23.4. The molecular weight excluding hydrogens is 426 g/mol. The third-order valence-electron chi connectivity index (χ3n) is 5.70. The number of alkyl carbamates (subject to hydrolysis) is 1. The molecule has 0 fully saturated rings. The van der Waals surface area contributed by atoms with Crippen molar-refractivity contribution in [1.29, 1.82) is 0 Å². The summed E-state index contributed by atoms with van der Waals surface area (Å²) in [6.45, 7) is 8.28. The Morgan fingerprint density at radius 1 is 0.971 bits per heavy atom. The maximum Gasteiger partial charge on any atom is 0.407 e. The van der Waals surface area contributed by atoms with E-state index in [1.807, 2.05) is 39.0 Å². The summed E-state index contributed by atoms with van der Waals surface area (Å²) in [7, 11) is 1.68. The van der Waals surface area contributed by atoms with Gasteiger partial charge < -0.3 is 20.1 Å². The van der Waals surface area contributed by atoms with E-state index in [0.29, 0.717) is 13.0 Å². The zero-order valence-electron chi connectivity index (χ0n) is 20.4. The number of hydrogen-bond acceptors (Lipinski definition) is 5. The number of carbonyl (C=O) groups is 1. The fraction of sp³-hybridized carbons (Fsp3) is 0.286. The lowest BCUT2D eigenvalue weighted by atomic mass is 10.0. The zero-order chi connectivity index (χ0) is 24.2. The van der Waals surface area contributed by atoms with Crippen molar-refractivity contribution in [3.05, 3.63) is 71.3 Å². The maximum absolute atomic E-state index is 11.6. The smallest absolute Gasteiger partial charge is 0.407 e. The van der Waals surface area contributed by atoms with Crippen LogP contribution in [0, 0.1) is 13.8 Å². The number of carbonyl (C=O) groups excluding carboxylic acids is 1. The van der Waals surface area contributed by atoms with Crippen LogP contribution in [0.2, 0.25) is 0 Å². The minimum Gasteiger partial charge on any atom is -0.496 e. The number of aromatic nitrogens is 1. The molecule has 0 spiro atoms. The van der Waals surface area contributed by atoms with Crippen molar-refractivity contribution >= 4 is 39.3 Å². The van der Waals surface area contributed by atoms with Crippen LogP contribution in [0.5, 0.6) is 5.75 Å². The Hall–Kier alpha value is -3.80. The monoisotopic (exact) mass is 457 g/mol. The van der Waals surface area contributed by atoms with Gasteiger partial charge in [-0.1, -0.05) is 23.8 Å². The minimum atomic E-state index is -0.382. The highest BCUT2D eigenvalue weighted by Gasteiger charge is 2.13. The van der Waals surface area contributed by atoms with Crippen molar-refractivity contribution in [2.24, 2.45) is 0 Å². The Labute approximate surface area is 200 Å². The molecule has 4 rings (SSSR count). The molecule has 0 aliphatic heterocycles. The van der Waals surface area contributed by atoms with E-state index < -0.39 is 0 Å². The Balaban J connectivity index is 1.61. The van der Waals surface area contributed by atoms with Crippen molar-refractivity contribution in [2.45, 2.75) is 40.2 Å². The van der Waals surface area contributed by atoms with E-state index in [-0.39, 0.29) is 12.1 Å². The van der Waals surface area contributed by atoms with Gasteiger partial charge in [0.25, 0.3) is 0 Å². The molecule has 0 bridgehead atoms. The van der Waals surface area contributed by atoms with Crippen LogP contribution in [-0.2, 0) is 11.2 Å². The number of nitrogens with one attached hydrogen (secondary N) is 2. The number of nitrogens with zero attached hydrogens (tertiary/aromatic N) is 1. The molecule has 6 nitrogen and oxygen atoms in total. The van der Waals surface area contributed by atoms with Crippen LogP contribution in [-0.4, -0.2) is 30.8 Å². The van der Waals surface area contributed by atoms with Gasteiger partial charge in [-0.05, 0) is 69.2 Å². The van der Waals surface area contributed by atoms with Crippen LogP contribution in [0.1, 0.15) is 30.5 Å². The largest absolute Gasteiger partial charge is 0.496 e. The van der Waals surface area contributed by atoms with Gasteiger partial charge in [0.1, 0.15) is 5.75 Å². The molecule has 6 heteroatoms. The summed E-state index contributed by atoms with van der Waals surface area (Å²) in [4.78, 5) is 16.5. The van der Waals surface area contributed by atoms with Crippen molar-refractivity contribution in [2.75, 3.05) is 19.0 Å². The number of pyridine rings is 1. The Bertz CT molecular complexity index is 1330. The third-order valence-corrected chi connectivity index (χ3v) is 5.70. The quantitative estimate of drug-likeness (QED) is 0.313. The number of ether oxygens (including phenoxy) is 2. The lowest BCUT2D eigenvalue weighted by Crippen LogP contribution is -2.31. The molecule has 0 saturated carbocycles. The highest BCUT2D eigenvalue weighted by Crippen LogP contribution is 2.36. The van der Waals surface area contributed by atoms with Crippen LogP contribution < -0.4 is 15.4 Å². The number of amides is 1. The molecule has 0 atom stereocenters. The van der Waals surface area contributed by atoms with E-state index in [0.717, 1.165) is 50.1 Å². The standard InChI is InChI=1S/C28H31N3O3/c1-17(2)29-28(32)34-13-12-20-7-9-21(10-8-20)30-27-22-14-18(3)6-11-24(22)31-25-16-26(33-5)19(4)15-23(25)27/h6-11,14-17H,12-13H2,1-5H3,(H,29,32)(H,30,31). The molecule has 34 heavy (non-hydrogen) atoms. The van der Waals surface area contributed by atoms with Crippen molar-refractivity contribution < 1.29 is 14.3 Å². The second-order valence-corrected chi connectivity index (χ2v) is 8.85. The minimum absolute atomic E-state index is 0.0619. The number of hydrogen-bond donors (Lipinski definition) is 2. The molecule has 1 heterocycles. The van der Waals surface area contributed by atoms with Gasteiger partial charge in [0, 0.05) is 35.0 Å². The van der Waals surface area contributed by atoms with E-state index in [2.05, 4.69) is 54.0 Å². The van der Waals surface area contributed by atoms with Crippen LogP contribution in [0.25, 0.3) is 21.8 Å². The van der Waals surface area contributed by atoms with E-state index in [9.17, 15) is 4.79 Å². The van der Waals surface area contributed by atoms with Gasteiger partial charge in [-0.2, -0.15) is 0 Å². The van der Waals surface area contributed by atoms with Gasteiger partial charge in [0.15, 0.2) is 0 Å². The lowest BCUT2D eigenvalue weighted by Gasteiger charge is -2.16. The van der Waals surface area contributed by atoms with Gasteiger partial charge >= 0.3 is 6.09 Å². The lowest BCUT2D eigenvalue weighted by molar-refractivity contribution is 0.145. The number of fused-ring (bicyclic) bond motifs is 2. The maximum atomic E-state index is 11.6. The van der Waals surface area contributed by atoms with Gasteiger partial charge in [-0.3, -0.25) is 0 Å². The first-order valence-corrected chi connectivity index (χ1v) is 11.5. The van der Waals surface area contributed by atoms with Crippen LogP contribution in [0.15, 0.2) is 54.6 Å². The molecular formula is C28H31N3O3. The fourth-order valence-electron chi connectivity index (χ4n) is 3.99. The molecule has 176 valence electrons. The van der Waals surface area contributed by atoms with E-state index in [1.54, 1.807) is 7.11 Å². The first-order valence-electron chi connectivity index (χ1n) is 11.5. The summed E-state index contributed by atoms with van der Waals surface area (Å²) in [6, 6.07) is 18.7. The van der Waals surface area contributed by atoms with Gasteiger partial charge in [0.2, 0.25) is 0 Å². The second kappa shape index (κ2) is 10.00. The fourth-order valence-corrected chi connectivity index (χ4v) is 3.99. The summed E-state index contributed by atoms with van der Waals surface area (Å²) in [5, 5.41) is 8.48. The first-order chi connectivity index (χ1) is 16.3. The molecule has 2 N–H and O–H groups in total. The summed E-state index contributed by atoms with van der Waals surface area (Å²) in [5.74, 6) is 0.825. The second-order valence-electron chi connectivity index (χ2n) is 8.85. The van der Waals surface area contributed by atoms with Crippen LogP contribution >= 0.6 is 0 Å². The summed E-state index contributed by atoms with van der Waals surface area (Å²) in [5.41, 5.74) is 7.16. The Morgan fingerprint density at radius 2 is 1.71 bits per heavy atom. The zero-order valence-corrected chi connectivity index (χ0v) is 20.4. The topological polar surface area (TPSA) is 72.5 Å². The highest BCUT2D eigenvalue weighted by molar-refractivity contribution is 6.09. The third kappa shape index (κ3) is 5.22. The number of rotatable bonds is 7. The molecule has 1 amide bonds. The molecule has 4 aromatic rings. The molecule has 0 saturated heterocycles. The van der Waals surface area contributed by atoms with Crippen molar-refractivity contribution in [3.63, 3.8) is 0 Å². The molecule has 0 radical (unpaired) electrons. The molecule has 0 aliphatic carbocycles. The van der Waals surface area contributed by atoms with E-state index in [4.69, 9.17) is 14.5 Å². The van der Waals surface area contributed by atoms with E-state index >= 15 is 0 Å². The Morgan fingerprint density at radius 3 is 2.41 bits per heavy atom. The van der Waals surface area contributed by atoms with Crippen LogP contribution in [0.4, 0.5) is 16.2 Å². The Kier molecular flexibility index (Phi) is 6.87. The molecule has 0 aliphatic rings. The summed E-state index contributed by atoms with van der Waals surface area (Å²) < 4.78 is 10.8. The summed E-state index contributed by atoms with van der Waals surface area (Å²) >= 11 is 0. The van der Waals surface area contributed by atoms with Gasteiger partial charge in [0.05, 0.1) is 30.4 Å². The molecule has 1 aromatic heterocycles. The molecule has 3 aromatic carbocycles. The van der Waals surface area contributed by atoms with E-state index in [1.165, 1.54) is 5.56 Å². The van der Waals surface area contributed by atoms with Crippen molar-refractivity contribution in [3.8, 4) is 5.75 Å². The number of aryl methyl sites for hydroxylation is 2. The normalized spacial score (nSPS) is 11.1. The average Bonchev–Trinajstić information content (AvgIpc) is 2.80. The number of methoxy groups -OCH3 is 1. The number of benzene rings is 3. The SMILES string of the molecule is COc1cc2nc3ccc(C)cc3c(Nc3ccc(CCOC(=O)NC(C)C)cc3)c2cc1C. The van der Waals surface area contributed by atoms with Gasteiger partial charge in [-0.25, -0.2) is 9.78 Å². The highest BCUT2D eigenvalue weighted by atomic mass is 16.5. The predicted octanol–water partition coefficient (Wildman–Crippen LogP) is 6.43. The average molecular weight is 458 g/mol. The summed E-state index contributed by atoms with van der Waals surface area (Å²) in [6.07, 6.45) is 0.275. The molecule has 0 unspecified atom stereocenters.